The Morgan fingerprint density at radius 3 is 2.42 bits per heavy atom. The number of nitrogens with one attached hydrogen (secondary N) is 2. The Morgan fingerprint density at radius 2 is 1.68 bits per heavy atom. The van der Waals surface area contributed by atoms with Crippen molar-refractivity contribution in [3.8, 4) is 0 Å². The van der Waals surface area contributed by atoms with Crippen LogP contribution in [0.4, 0.5) is 11.4 Å². The fourth-order valence-electron chi connectivity index (χ4n) is 6.42. The highest BCUT2D eigenvalue weighted by Crippen LogP contribution is 2.36. The molecule has 2 aromatic rings. The number of fused-ring (bicyclic) bond motifs is 1. The van der Waals surface area contributed by atoms with Crippen LogP contribution in [0.1, 0.15) is 81.9 Å². The van der Waals surface area contributed by atoms with Crippen LogP contribution < -0.4 is 14.9 Å². The third-order valence-corrected chi connectivity index (χ3v) is 10.1. The Labute approximate surface area is 237 Å². The van der Waals surface area contributed by atoms with Crippen LogP contribution in [0.2, 0.25) is 0 Å². The van der Waals surface area contributed by atoms with Crippen LogP contribution in [0.15, 0.2) is 47.4 Å². The summed E-state index contributed by atoms with van der Waals surface area (Å²) in [7, 11) is -3.94. The van der Waals surface area contributed by atoms with Crippen molar-refractivity contribution in [1.29, 1.82) is 0 Å². The van der Waals surface area contributed by atoms with E-state index in [-0.39, 0.29) is 34.6 Å². The number of carbonyl (C=O) groups excluding carboxylic acids is 2. The van der Waals surface area contributed by atoms with E-state index in [2.05, 4.69) is 16.1 Å². The number of nitrogens with zero attached hydrogens (tertiary/aromatic N) is 1. The molecule has 1 amide bonds. The molecule has 1 atom stereocenters. The topological polar surface area (TPSA) is 105 Å². The molecule has 5 rings (SSSR count). The molecule has 1 saturated heterocycles. The number of ether oxygens (including phenoxy) is 1. The van der Waals surface area contributed by atoms with Gasteiger partial charge in [-0.25, -0.2) is 13.1 Å². The molecule has 0 radical (unpaired) electrons. The molecule has 2 aliphatic carbocycles. The maximum absolute atomic E-state index is 14.0. The lowest BCUT2D eigenvalue weighted by Gasteiger charge is -2.34. The van der Waals surface area contributed by atoms with E-state index in [0.29, 0.717) is 43.9 Å². The smallest absolute Gasteiger partial charge is 0.309 e. The first-order chi connectivity index (χ1) is 19.4. The predicted octanol–water partition coefficient (Wildman–Crippen LogP) is 5.34. The second kappa shape index (κ2) is 12.7. The van der Waals surface area contributed by atoms with Crippen LogP contribution in [0.5, 0.6) is 0 Å². The van der Waals surface area contributed by atoms with Crippen molar-refractivity contribution < 1.29 is 22.7 Å². The monoisotopic (exact) mass is 567 g/mol. The lowest BCUT2D eigenvalue weighted by Crippen LogP contribution is -2.38. The lowest BCUT2D eigenvalue weighted by molar-refractivity contribution is -0.148. The van der Waals surface area contributed by atoms with Gasteiger partial charge in [-0.05, 0) is 81.2 Å². The quantitative estimate of drug-likeness (QED) is 0.417. The number of carbonyl (C=O) groups is 2. The molecule has 1 saturated carbocycles. The van der Waals surface area contributed by atoms with E-state index < -0.39 is 10.0 Å². The minimum atomic E-state index is -3.94. The summed E-state index contributed by atoms with van der Waals surface area (Å²) in [6.45, 7) is 3.25. The van der Waals surface area contributed by atoms with Gasteiger partial charge in [-0.1, -0.05) is 43.5 Å². The molecule has 8 nitrogen and oxygen atoms in total. The summed E-state index contributed by atoms with van der Waals surface area (Å²) < 4.78 is 36.3. The van der Waals surface area contributed by atoms with E-state index in [0.717, 1.165) is 56.9 Å². The van der Waals surface area contributed by atoms with Crippen LogP contribution >= 0.6 is 0 Å². The van der Waals surface area contributed by atoms with E-state index in [4.69, 9.17) is 4.74 Å². The minimum absolute atomic E-state index is 0.0350. The average molecular weight is 568 g/mol. The molecule has 40 heavy (non-hydrogen) atoms. The second-order valence-corrected chi connectivity index (χ2v) is 13.0. The molecular formula is C31H41N3O5S. The summed E-state index contributed by atoms with van der Waals surface area (Å²) in [5.74, 6) is -0.442. The van der Waals surface area contributed by atoms with Gasteiger partial charge in [0, 0.05) is 30.7 Å². The lowest BCUT2D eigenvalue weighted by atomic mass is 9.88. The van der Waals surface area contributed by atoms with Gasteiger partial charge in [0.2, 0.25) is 15.9 Å². The predicted molar refractivity (Wildman–Crippen MR) is 156 cm³/mol. The van der Waals surface area contributed by atoms with Crippen LogP contribution in [-0.4, -0.2) is 40.0 Å². The maximum atomic E-state index is 14.0. The van der Waals surface area contributed by atoms with Crippen LogP contribution in [0.3, 0.4) is 0 Å². The highest BCUT2D eigenvalue weighted by molar-refractivity contribution is 7.89. The van der Waals surface area contributed by atoms with Gasteiger partial charge in [0.1, 0.15) is 4.90 Å². The normalized spacial score (nSPS) is 20.5. The van der Waals surface area contributed by atoms with Crippen LogP contribution in [0.25, 0.3) is 0 Å². The minimum Gasteiger partial charge on any atom is -0.466 e. The first kappa shape index (κ1) is 28.6. The molecule has 0 bridgehead atoms. The Balaban J connectivity index is 1.42. The number of hydrogen-bond donors (Lipinski definition) is 2. The summed E-state index contributed by atoms with van der Waals surface area (Å²) in [6, 6.07) is 12.9. The number of benzene rings is 2. The van der Waals surface area contributed by atoms with Gasteiger partial charge in [-0.2, -0.15) is 0 Å². The van der Waals surface area contributed by atoms with Crippen molar-refractivity contribution in [2.75, 3.05) is 29.9 Å². The molecule has 3 aliphatic rings. The number of sulfonamides is 1. The number of hydrogen-bond acceptors (Lipinski definition) is 6. The summed E-state index contributed by atoms with van der Waals surface area (Å²) in [4.78, 5) is 27.5. The molecule has 216 valence electrons. The summed E-state index contributed by atoms with van der Waals surface area (Å²) in [6.07, 6.45) is 8.77. The highest BCUT2D eigenvalue weighted by atomic mass is 32.2. The number of anilines is 2. The Bertz CT molecular complexity index is 1310. The van der Waals surface area contributed by atoms with Gasteiger partial charge in [0.05, 0.1) is 18.2 Å². The van der Waals surface area contributed by atoms with Crippen molar-refractivity contribution in [3.05, 3.63) is 53.6 Å². The first-order valence-electron chi connectivity index (χ1n) is 14.8. The molecule has 2 fully saturated rings. The molecule has 9 heteroatoms. The Morgan fingerprint density at radius 1 is 0.925 bits per heavy atom. The molecule has 1 aliphatic heterocycles. The molecule has 0 aromatic heterocycles. The standard InChI is InChI=1S/C31H41N3O5S/c1-2-39-31(36)24-17-19-34(20-18-24)28-16-15-25(32-30(35)23-10-4-3-5-11-23)21-29(28)40(37,38)33-27-14-8-12-22-9-6-7-13-26(22)27/h6-7,9,13,15-16,21,23-24,27,33H,2-5,8,10-12,14,17-20H2,1H3,(H,32,35)/t27-/m0/s1. The molecule has 2 N–H and O–H groups in total. The van der Waals surface area contributed by atoms with Crippen molar-refractivity contribution in [3.63, 3.8) is 0 Å². The largest absolute Gasteiger partial charge is 0.466 e. The van der Waals surface area contributed by atoms with E-state index in [1.54, 1.807) is 25.1 Å². The Hall–Kier alpha value is -2.91. The second-order valence-electron chi connectivity index (χ2n) is 11.3. The van der Waals surface area contributed by atoms with Crippen LogP contribution in [-0.2, 0) is 30.8 Å². The van der Waals surface area contributed by atoms with E-state index >= 15 is 0 Å². The van der Waals surface area contributed by atoms with Crippen LogP contribution in [0, 0.1) is 11.8 Å². The van der Waals surface area contributed by atoms with Gasteiger partial charge in [0.15, 0.2) is 0 Å². The number of piperidine rings is 1. The van der Waals surface area contributed by atoms with Crippen molar-refractivity contribution in [2.45, 2.75) is 82.1 Å². The SMILES string of the molecule is CCOC(=O)C1CCN(c2ccc(NC(=O)C3CCCCC3)cc2S(=O)(=O)N[C@H]2CCCc3ccccc32)CC1. The van der Waals surface area contributed by atoms with E-state index in [1.807, 2.05) is 23.1 Å². The maximum Gasteiger partial charge on any atom is 0.309 e. The zero-order chi connectivity index (χ0) is 28.1. The van der Waals surface area contributed by atoms with Gasteiger partial charge in [-0.15, -0.1) is 0 Å². The summed E-state index contributed by atoms with van der Waals surface area (Å²) >= 11 is 0. The number of rotatable bonds is 8. The van der Waals surface area contributed by atoms with Crippen molar-refractivity contribution >= 4 is 33.3 Å². The number of esters is 1. The fraction of sp³-hybridized carbons (Fsp3) is 0.548. The molecule has 0 spiro atoms. The average Bonchev–Trinajstić information content (AvgIpc) is 2.98. The van der Waals surface area contributed by atoms with Gasteiger partial charge < -0.3 is 15.0 Å². The number of amides is 1. The van der Waals surface area contributed by atoms with Crippen molar-refractivity contribution in [1.82, 2.24) is 4.72 Å². The summed E-state index contributed by atoms with van der Waals surface area (Å²) in [5, 5.41) is 3.00. The zero-order valence-electron chi connectivity index (χ0n) is 23.4. The molecule has 1 heterocycles. The van der Waals surface area contributed by atoms with E-state index in [1.165, 1.54) is 5.56 Å². The van der Waals surface area contributed by atoms with Gasteiger partial charge in [0.25, 0.3) is 0 Å². The highest BCUT2D eigenvalue weighted by Gasteiger charge is 2.32. The van der Waals surface area contributed by atoms with Gasteiger partial charge in [-0.3, -0.25) is 9.59 Å². The molecule has 2 aromatic carbocycles. The first-order valence-corrected chi connectivity index (χ1v) is 16.3. The third-order valence-electron chi connectivity index (χ3n) is 8.62. The number of aryl methyl sites for hydroxylation is 1. The zero-order valence-corrected chi connectivity index (χ0v) is 24.2. The summed E-state index contributed by atoms with van der Waals surface area (Å²) in [5.41, 5.74) is 3.28. The van der Waals surface area contributed by atoms with Gasteiger partial charge >= 0.3 is 5.97 Å². The molecular weight excluding hydrogens is 526 g/mol. The fourth-order valence-corrected chi connectivity index (χ4v) is 7.92. The van der Waals surface area contributed by atoms with Crippen molar-refractivity contribution in [2.24, 2.45) is 11.8 Å². The Kier molecular flexibility index (Phi) is 9.10. The van der Waals surface area contributed by atoms with E-state index in [9.17, 15) is 18.0 Å². The molecule has 0 unspecified atom stereocenters. The third kappa shape index (κ3) is 6.52.